The molecule has 1 amide bonds. The van der Waals surface area contributed by atoms with Crippen molar-refractivity contribution in [3.05, 3.63) is 33.4 Å². The molecule has 6 heteroatoms. The Balaban J connectivity index is 2.72. The predicted octanol–water partition coefficient (Wildman–Crippen LogP) is 1.29. The number of ketones is 1. The Hall–Kier alpha value is -2.24. The molecule has 0 unspecified atom stereocenters. The number of carbonyl (C=O) groups is 2. The van der Waals surface area contributed by atoms with Gasteiger partial charge in [0.15, 0.2) is 0 Å². The van der Waals surface area contributed by atoms with E-state index in [4.69, 9.17) is 0 Å². The average Bonchev–Trinajstić information content (AvgIpc) is 2.53. The van der Waals surface area contributed by atoms with Gasteiger partial charge in [-0.1, -0.05) is 6.92 Å². The van der Waals surface area contributed by atoms with E-state index in [1.165, 1.54) is 12.1 Å². The highest BCUT2D eigenvalue weighted by Gasteiger charge is 2.33. The summed E-state index contributed by atoms with van der Waals surface area (Å²) < 4.78 is 0. The van der Waals surface area contributed by atoms with E-state index in [-0.39, 0.29) is 11.3 Å². The van der Waals surface area contributed by atoms with E-state index < -0.39 is 16.6 Å². The zero-order chi connectivity index (χ0) is 11.9. The van der Waals surface area contributed by atoms with Gasteiger partial charge < -0.3 is 5.32 Å². The fourth-order valence-electron chi connectivity index (χ4n) is 1.82. The van der Waals surface area contributed by atoms with E-state index in [9.17, 15) is 19.7 Å². The van der Waals surface area contributed by atoms with Crippen LogP contribution in [0.15, 0.2) is 12.1 Å². The Morgan fingerprint density at radius 2 is 2.06 bits per heavy atom. The maximum Gasteiger partial charge on any atom is 0.296 e. The number of nitro groups is 1. The molecule has 0 saturated carbocycles. The third kappa shape index (κ3) is 1.27. The summed E-state index contributed by atoms with van der Waals surface area (Å²) >= 11 is 0. The summed E-state index contributed by atoms with van der Waals surface area (Å²) in [5, 5.41) is 13.1. The van der Waals surface area contributed by atoms with Gasteiger partial charge in [0.05, 0.1) is 16.2 Å². The van der Waals surface area contributed by atoms with Gasteiger partial charge in [0.1, 0.15) is 0 Å². The first-order valence-electron chi connectivity index (χ1n) is 4.72. The van der Waals surface area contributed by atoms with Gasteiger partial charge >= 0.3 is 0 Å². The van der Waals surface area contributed by atoms with Crippen LogP contribution in [0.5, 0.6) is 0 Å². The fourth-order valence-corrected chi connectivity index (χ4v) is 1.82. The summed E-state index contributed by atoms with van der Waals surface area (Å²) in [5.74, 6) is -1.43. The van der Waals surface area contributed by atoms with Crippen LogP contribution in [-0.4, -0.2) is 16.6 Å². The minimum absolute atomic E-state index is 0.119. The van der Waals surface area contributed by atoms with Crippen LogP contribution >= 0.6 is 0 Å². The molecule has 0 atom stereocenters. The summed E-state index contributed by atoms with van der Waals surface area (Å²) in [6.07, 6.45) is 0.334. The Kier molecular flexibility index (Phi) is 2.19. The lowest BCUT2D eigenvalue weighted by molar-refractivity contribution is -0.385. The van der Waals surface area contributed by atoms with Gasteiger partial charge in [-0.15, -0.1) is 0 Å². The van der Waals surface area contributed by atoms with E-state index in [1.807, 2.05) is 0 Å². The summed E-state index contributed by atoms with van der Waals surface area (Å²) in [4.78, 5) is 32.9. The highest BCUT2D eigenvalue weighted by molar-refractivity contribution is 6.52. The normalized spacial score (nSPS) is 13.6. The molecule has 1 heterocycles. The lowest BCUT2D eigenvalue weighted by Gasteiger charge is -2.04. The smallest absolute Gasteiger partial charge is 0.296 e. The molecule has 16 heavy (non-hydrogen) atoms. The van der Waals surface area contributed by atoms with E-state index in [0.717, 1.165) is 0 Å². The largest absolute Gasteiger partial charge is 0.318 e. The van der Waals surface area contributed by atoms with Crippen molar-refractivity contribution in [2.75, 3.05) is 5.32 Å². The summed E-state index contributed by atoms with van der Waals surface area (Å²) in [5.41, 5.74) is 0.691. The lowest BCUT2D eigenvalue weighted by Crippen LogP contribution is -2.13. The predicted molar refractivity (Wildman–Crippen MR) is 55.4 cm³/mol. The molecule has 1 N–H and O–H groups in total. The molecule has 82 valence electrons. The van der Waals surface area contributed by atoms with Gasteiger partial charge in [0.25, 0.3) is 17.4 Å². The number of anilines is 1. The Morgan fingerprint density at radius 3 is 2.62 bits per heavy atom. The van der Waals surface area contributed by atoms with Crippen LogP contribution in [0.2, 0.25) is 0 Å². The van der Waals surface area contributed by atoms with E-state index in [1.54, 1.807) is 6.92 Å². The molecule has 1 aliphatic heterocycles. The molecule has 6 nitrogen and oxygen atoms in total. The number of rotatable bonds is 2. The second-order valence-electron chi connectivity index (χ2n) is 3.38. The number of hydrogen-bond acceptors (Lipinski definition) is 4. The molecule has 0 spiro atoms. The van der Waals surface area contributed by atoms with Gasteiger partial charge in [-0.25, -0.2) is 0 Å². The van der Waals surface area contributed by atoms with Crippen molar-refractivity contribution >= 4 is 23.1 Å². The third-order valence-corrected chi connectivity index (χ3v) is 2.52. The summed E-state index contributed by atoms with van der Waals surface area (Å²) in [6.45, 7) is 1.71. The molecule has 0 saturated heterocycles. The van der Waals surface area contributed by atoms with Crippen LogP contribution in [0.4, 0.5) is 11.4 Å². The van der Waals surface area contributed by atoms with Crippen molar-refractivity contribution in [2.45, 2.75) is 13.3 Å². The van der Waals surface area contributed by atoms with Crippen LogP contribution in [0.1, 0.15) is 22.8 Å². The van der Waals surface area contributed by atoms with Crippen molar-refractivity contribution in [3.63, 3.8) is 0 Å². The van der Waals surface area contributed by atoms with Crippen molar-refractivity contribution in [3.8, 4) is 0 Å². The molecular formula is C10H8N2O4. The average molecular weight is 220 g/mol. The number of carbonyl (C=O) groups excluding carboxylic acids is 2. The standard InChI is InChI=1S/C10H8N2O4/c1-2-5-7(12(15)16)4-3-6-8(5)9(13)10(14)11-6/h3-4H,2H2,1H3,(H,11,13,14). The number of fused-ring (bicyclic) bond motifs is 1. The molecule has 0 aliphatic carbocycles. The zero-order valence-corrected chi connectivity index (χ0v) is 8.44. The number of benzene rings is 1. The number of nitrogens with zero attached hydrogens (tertiary/aromatic N) is 1. The van der Waals surface area contributed by atoms with Crippen molar-refractivity contribution in [1.82, 2.24) is 0 Å². The maximum atomic E-state index is 11.5. The van der Waals surface area contributed by atoms with E-state index in [0.29, 0.717) is 17.7 Å². The molecule has 1 aromatic rings. The first-order chi connectivity index (χ1) is 7.56. The Morgan fingerprint density at radius 1 is 1.38 bits per heavy atom. The minimum atomic E-state index is -0.731. The molecule has 2 rings (SSSR count). The first-order valence-corrected chi connectivity index (χ1v) is 4.72. The van der Waals surface area contributed by atoms with Crippen LogP contribution in [0.3, 0.4) is 0 Å². The fraction of sp³-hybridized carbons (Fsp3) is 0.200. The quantitative estimate of drug-likeness (QED) is 0.462. The second kappa shape index (κ2) is 3.41. The lowest BCUT2D eigenvalue weighted by atomic mass is 10.00. The van der Waals surface area contributed by atoms with Crippen molar-refractivity contribution in [2.24, 2.45) is 0 Å². The van der Waals surface area contributed by atoms with Gasteiger partial charge in [-0.3, -0.25) is 19.7 Å². The highest BCUT2D eigenvalue weighted by Crippen LogP contribution is 2.33. The number of hydrogen-bond donors (Lipinski definition) is 1. The van der Waals surface area contributed by atoms with Crippen molar-refractivity contribution in [1.29, 1.82) is 0 Å². The maximum absolute atomic E-state index is 11.5. The van der Waals surface area contributed by atoms with Crippen LogP contribution in [-0.2, 0) is 11.2 Å². The van der Waals surface area contributed by atoms with Crippen LogP contribution < -0.4 is 5.32 Å². The number of nitrogens with one attached hydrogen (secondary N) is 1. The number of amides is 1. The minimum Gasteiger partial charge on any atom is -0.318 e. The third-order valence-electron chi connectivity index (χ3n) is 2.52. The van der Waals surface area contributed by atoms with Gasteiger partial charge in [-0.2, -0.15) is 0 Å². The van der Waals surface area contributed by atoms with Gasteiger partial charge in [-0.05, 0) is 12.5 Å². The molecule has 1 aromatic carbocycles. The zero-order valence-electron chi connectivity index (χ0n) is 8.44. The topological polar surface area (TPSA) is 89.3 Å². The molecule has 0 aromatic heterocycles. The van der Waals surface area contributed by atoms with Crippen LogP contribution in [0.25, 0.3) is 0 Å². The highest BCUT2D eigenvalue weighted by atomic mass is 16.6. The monoisotopic (exact) mass is 220 g/mol. The molecule has 0 fully saturated rings. The summed E-state index contributed by atoms with van der Waals surface area (Å²) in [6, 6.07) is 2.69. The summed E-state index contributed by atoms with van der Waals surface area (Å²) in [7, 11) is 0. The Bertz CT molecular complexity index is 522. The van der Waals surface area contributed by atoms with Crippen LogP contribution in [0, 0.1) is 10.1 Å². The van der Waals surface area contributed by atoms with Gasteiger partial charge in [0.2, 0.25) is 0 Å². The van der Waals surface area contributed by atoms with Crippen molar-refractivity contribution < 1.29 is 14.5 Å². The molecule has 0 radical (unpaired) electrons. The van der Waals surface area contributed by atoms with E-state index >= 15 is 0 Å². The second-order valence-corrected chi connectivity index (χ2v) is 3.38. The molecular weight excluding hydrogens is 212 g/mol. The SMILES string of the molecule is CCc1c([N+](=O)[O-])ccc2c1C(=O)C(=O)N2. The van der Waals surface area contributed by atoms with Gasteiger partial charge in [0, 0.05) is 11.6 Å². The number of nitro benzene ring substituents is 1. The molecule has 1 aliphatic rings. The van der Waals surface area contributed by atoms with E-state index in [2.05, 4.69) is 5.32 Å². The first kappa shape index (κ1) is 10.3. The number of Topliss-reactive ketones (excluding diaryl/α,β-unsaturated/α-hetero) is 1. The Labute approximate surface area is 90.4 Å². The molecule has 0 bridgehead atoms.